The van der Waals surface area contributed by atoms with Crippen molar-refractivity contribution in [2.45, 2.75) is 80.6 Å². The Kier molecular flexibility index (Phi) is 33.2. The number of carbonyl (C=O) groups excluding carboxylic acids is 10. The standard InChI is InChI=1S/C21H7Cl4N3O2.C19H13NO2.3C13H13NO3.2C2H6.CH3.Y/c1-27-16-6-15(25)14(24)4-10(16)11-5-17(29)19-18(11)21(30)28-20(19)9-3-13(23)12(22)2-8(9)7-26;21-15-11-14(12-7-3-1-4-8-12)16-17(15)18(20-19(16)22)13-9-5-2-6-10-13;3*1-2-17-13(16)10-8-11(15)14-12(10)9-6-4-3-5-7-9;2*1-2;;/h2-4,6H,5H2,(H,28,30);1-10H,11H2,(H,20,22);2*3-7H,2,8H2,1H3,(H,14,15);3-7,10H,2,8H2,1H3;2*1-2H3;1H3;/q;;;;;;;-1;. The number of rotatable bonds is 13. The predicted molar refractivity (Wildman–Crippen MR) is 417 cm³/mol. The maximum Gasteiger partial charge on any atom is 0.336 e. The molecule has 555 valence electrons. The van der Waals surface area contributed by atoms with Crippen LogP contribution in [0.1, 0.15) is 125 Å². The van der Waals surface area contributed by atoms with Gasteiger partial charge in [0.25, 0.3) is 11.8 Å². The molecule has 14 rings (SSSR count). The minimum atomic E-state index is -0.551. The van der Waals surface area contributed by atoms with Crippen LogP contribution in [0.4, 0.5) is 5.69 Å². The van der Waals surface area contributed by atoms with E-state index >= 15 is 0 Å². The molecule has 7 aromatic rings. The molecule has 2 aliphatic carbocycles. The first-order valence-corrected chi connectivity index (χ1v) is 35.6. The van der Waals surface area contributed by atoms with E-state index in [9.17, 15) is 53.2 Å². The molecule has 0 saturated carbocycles. The van der Waals surface area contributed by atoms with E-state index in [0.717, 1.165) is 33.4 Å². The normalized spacial score (nSPS) is 15.3. The molecule has 1 radical (unpaired) electrons. The number of allylic oxidation sites excluding steroid dienone is 2. The zero-order valence-electron chi connectivity index (χ0n) is 60.7. The summed E-state index contributed by atoms with van der Waals surface area (Å²) in [6.07, 6.45) is 0.485. The van der Waals surface area contributed by atoms with E-state index in [0.29, 0.717) is 88.0 Å². The number of carbonyl (C=O) groups is 10. The van der Waals surface area contributed by atoms with E-state index in [1.165, 1.54) is 24.3 Å². The number of esters is 3. The van der Waals surface area contributed by atoms with E-state index in [2.05, 4.69) is 31.1 Å². The third kappa shape index (κ3) is 20.7. The van der Waals surface area contributed by atoms with Gasteiger partial charge in [0.1, 0.15) is 5.92 Å². The van der Waals surface area contributed by atoms with Gasteiger partial charge in [-0.3, -0.25) is 38.4 Å². The summed E-state index contributed by atoms with van der Waals surface area (Å²) >= 11 is 24.2. The maximum absolute atomic E-state index is 12.9. The summed E-state index contributed by atoms with van der Waals surface area (Å²) in [6.45, 7) is 21.6. The quantitative estimate of drug-likeness (QED) is 0.0474. The number of benzene rings is 7. The molecule has 0 bridgehead atoms. The smallest absolute Gasteiger partial charge is 0.336 e. The Bertz CT molecular complexity index is 4760. The average molecular weight is 1620 g/mol. The van der Waals surface area contributed by atoms with Crippen LogP contribution in [0.2, 0.25) is 20.1 Å². The number of ether oxygens (including phenoxy) is 3. The Morgan fingerprint density at radius 1 is 0.486 bits per heavy atom. The van der Waals surface area contributed by atoms with Gasteiger partial charge in [0.05, 0.1) is 128 Å². The zero-order valence-corrected chi connectivity index (χ0v) is 66.6. The number of nitriles is 1. The molecule has 20 nitrogen and oxygen atoms in total. The summed E-state index contributed by atoms with van der Waals surface area (Å²) in [5, 5.41) is 21.2. The Labute approximate surface area is 677 Å². The maximum atomic E-state index is 12.9. The molecule has 0 saturated heterocycles. The summed E-state index contributed by atoms with van der Waals surface area (Å²) in [5.74, 6) is -3.41. The SMILES string of the molecule is CC.CC.CCOC(=O)C1=C(c2ccccc2)NC(=O)C1.CCOC(=O)C1=C(c2ccccc2)NC(=O)C1.CCOC(=O)C1CC(=O)N=C1c1ccccc1.O=C1CC(c2ccccc2)=C2C(=O)NC(c3ccccc3)=C12.[C-]#[N+]c1cc(Cl)c(Cl)cc1C1=C2C(=O)NC(c3cc(Cl)c(Cl)cc3C#N)=C2C(=O)C1.[CH3-].[Y]. The topological polar surface area (TPSA) is 287 Å². The van der Waals surface area contributed by atoms with Crippen LogP contribution in [0, 0.1) is 31.2 Å². The number of hydrogen-bond acceptors (Lipinski definition) is 14. The molecule has 5 amide bonds. The molecule has 1 atom stereocenters. The summed E-state index contributed by atoms with van der Waals surface area (Å²) in [7, 11) is 0. The van der Waals surface area contributed by atoms with Crippen molar-refractivity contribution in [2.24, 2.45) is 10.9 Å². The Morgan fingerprint density at radius 3 is 1.30 bits per heavy atom. The van der Waals surface area contributed by atoms with Crippen LogP contribution in [-0.4, -0.2) is 84.5 Å². The summed E-state index contributed by atoms with van der Waals surface area (Å²) in [6, 6.07) is 54.6. The summed E-state index contributed by atoms with van der Waals surface area (Å²) in [5.41, 5.74) is 11.1. The van der Waals surface area contributed by atoms with Crippen molar-refractivity contribution in [1.29, 1.82) is 5.26 Å². The van der Waals surface area contributed by atoms with Gasteiger partial charge in [-0.05, 0) is 89.6 Å². The third-order valence-corrected chi connectivity index (χ3v) is 17.9. The van der Waals surface area contributed by atoms with E-state index in [1.54, 1.807) is 20.8 Å². The molecule has 0 aromatic heterocycles. The first-order chi connectivity index (χ1) is 51.7. The minimum absolute atomic E-state index is 0. The molecular formula is C84H74Cl4N7O13Y-. The zero-order chi connectivity index (χ0) is 77.6. The fourth-order valence-corrected chi connectivity index (χ4v) is 12.6. The van der Waals surface area contributed by atoms with Gasteiger partial charge in [-0.1, -0.05) is 226 Å². The Hall–Kier alpha value is -10.8. The monoisotopic (exact) mass is 1620 g/mol. The van der Waals surface area contributed by atoms with Gasteiger partial charge in [-0.2, -0.15) is 5.26 Å². The largest absolute Gasteiger partial charge is 0.465 e. The van der Waals surface area contributed by atoms with Gasteiger partial charge in [-0.25, -0.2) is 19.4 Å². The van der Waals surface area contributed by atoms with Gasteiger partial charge in [0.2, 0.25) is 17.7 Å². The Morgan fingerprint density at radius 2 is 0.862 bits per heavy atom. The molecule has 5 aliphatic heterocycles. The average Bonchev–Trinajstić information content (AvgIpc) is 1.58. The summed E-state index contributed by atoms with van der Waals surface area (Å²) in [4.78, 5) is 127. The number of nitrogens with zero attached hydrogens (tertiary/aromatic N) is 3. The molecule has 7 aromatic carbocycles. The molecule has 0 fully saturated rings. The van der Waals surface area contributed by atoms with Gasteiger partial charge in [0.15, 0.2) is 17.3 Å². The van der Waals surface area contributed by atoms with Crippen LogP contribution in [0.15, 0.2) is 214 Å². The molecular weight excluding hydrogens is 1550 g/mol. The van der Waals surface area contributed by atoms with Crippen molar-refractivity contribution in [1.82, 2.24) is 21.3 Å². The van der Waals surface area contributed by atoms with Crippen LogP contribution < -0.4 is 21.3 Å². The van der Waals surface area contributed by atoms with Gasteiger partial charge in [0, 0.05) is 62.6 Å². The van der Waals surface area contributed by atoms with Crippen molar-refractivity contribution in [3.8, 4) is 6.07 Å². The number of nitrogens with one attached hydrogen (secondary N) is 4. The van der Waals surface area contributed by atoms with Gasteiger partial charge >= 0.3 is 17.9 Å². The minimum Gasteiger partial charge on any atom is -0.465 e. The van der Waals surface area contributed by atoms with Crippen LogP contribution in [-0.2, 0) is 94.9 Å². The van der Waals surface area contributed by atoms with Crippen molar-refractivity contribution in [3.05, 3.63) is 293 Å². The number of Topliss-reactive ketones (excluding diaryl/α,β-unsaturated/α-hetero) is 2. The van der Waals surface area contributed by atoms with E-state index in [1.807, 2.05) is 185 Å². The van der Waals surface area contributed by atoms with E-state index in [-0.39, 0.29) is 155 Å². The predicted octanol–water partition coefficient (Wildman–Crippen LogP) is 16.0. The van der Waals surface area contributed by atoms with Gasteiger partial charge in [-0.15, -0.1) is 0 Å². The van der Waals surface area contributed by atoms with Crippen molar-refractivity contribution < 1.29 is 94.9 Å². The number of ketones is 2. The van der Waals surface area contributed by atoms with Crippen molar-refractivity contribution >= 4 is 151 Å². The Balaban J connectivity index is 0.000000213. The number of hydrogen-bond donors (Lipinski definition) is 4. The molecule has 5 heterocycles. The van der Waals surface area contributed by atoms with Crippen LogP contribution in [0.3, 0.4) is 0 Å². The number of fused-ring (bicyclic) bond motifs is 2. The van der Waals surface area contributed by atoms with Crippen molar-refractivity contribution in [2.75, 3.05) is 19.8 Å². The van der Waals surface area contributed by atoms with Crippen LogP contribution in [0.25, 0.3) is 38.8 Å². The second-order valence-corrected chi connectivity index (χ2v) is 24.6. The molecule has 7 aliphatic rings. The first kappa shape index (κ1) is 87.1. The second-order valence-electron chi connectivity index (χ2n) is 23.0. The molecule has 4 N–H and O–H groups in total. The second kappa shape index (κ2) is 41.5. The molecule has 109 heavy (non-hydrogen) atoms. The van der Waals surface area contributed by atoms with Crippen molar-refractivity contribution in [3.63, 3.8) is 0 Å². The van der Waals surface area contributed by atoms with Gasteiger partial charge < -0.3 is 42.9 Å². The van der Waals surface area contributed by atoms with Crippen LogP contribution in [0.5, 0.6) is 0 Å². The molecule has 1 unspecified atom stereocenters. The first-order valence-electron chi connectivity index (χ1n) is 34.0. The molecule has 25 heteroatoms. The molecule has 0 spiro atoms. The number of amides is 5. The van der Waals surface area contributed by atoms with E-state index in [4.69, 9.17) is 67.2 Å². The van der Waals surface area contributed by atoms with E-state index < -0.39 is 23.8 Å². The number of aliphatic imine (C=N–C) groups is 1. The fourth-order valence-electron chi connectivity index (χ4n) is 12.0. The third-order valence-electron chi connectivity index (χ3n) is 16.5. The summed E-state index contributed by atoms with van der Waals surface area (Å²) < 4.78 is 14.8. The van der Waals surface area contributed by atoms with Crippen LogP contribution >= 0.6 is 46.4 Å². The number of halogens is 4. The fraction of sp³-hybridized carbons (Fsp3) is 0.190.